The van der Waals surface area contributed by atoms with Gasteiger partial charge in [0.2, 0.25) is 0 Å². The Balaban J connectivity index is 2.93. The summed E-state index contributed by atoms with van der Waals surface area (Å²) in [6.45, 7) is 5.50. The first kappa shape index (κ1) is 17.0. The maximum atomic E-state index is 12.0. The molecule has 0 heterocycles. The van der Waals surface area contributed by atoms with Crippen LogP contribution in [-0.4, -0.2) is 35.9 Å². The van der Waals surface area contributed by atoms with Gasteiger partial charge in [-0.25, -0.2) is 9.59 Å². The summed E-state index contributed by atoms with van der Waals surface area (Å²) < 4.78 is 4.54. The lowest BCUT2D eigenvalue weighted by Crippen LogP contribution is -2.50. The fourth-order valence-corrected chi connectivity index (χ4v) is 1.78. The number of nitrogens with one attached hydrogen (secondary N) is 2. The molecule has 0 bridgehead atoms. The minimum atomic E-state index is -1.48. The average Bonchev–Trinajstić information content (AvgIpc) is 2.42. The van der Waals surface area contributed by atoms with Crippen molar-refractivity contribution >= 4 is 12.0 Å². The molecule has 0 unspecified atom stereocenters. The van der Waals surface area contributed by atoms with Crippen molar-refractivity contribution in [3.8, 4) is 0 Å². The normalized spacial score (nSPS) is 14.0. The smallest absolute Gasteiger partial charge is 0.337 e. The molecule has 0 spiro atoms. The van der Waals surface area contributed by atoms with Crippen molar-refractivity contribution in [2.24, 2.45) is 0 Å². The first-order valence-corrected chi connectivity index (χ1v) is 6.64. The molecule has 21 heavy (non-hydrogen) atoms. The van der Waals surface area contributed by atoms with Crippen LogP contribution in [0, 0.1) is 0 Å². The van der Waals surface area contributed by atoms with Crippen molar-refractivity contribution in [1.29, 1.82) is 0 Å². The summed E-state index contributed by atoms with van der Waals surface area (Å²) in [4.78, 5) is 23.5. The minimum absolute atomic E-state index is 0.429. The molecule has 0 fully saturated rings. The third kappa shape index (κ3) is 5.43. The van der Waals surface area contributed by atoms with E-state index in [4.69, 9.17) is 0 Å². The molecular weight excluding hydrogens is 274 g/mol. The van der Waals surface area contributed by atoms with E-state index in [9.17, 15) is 14.7 Å². The van der Waals surface area contributed by atoms with Gasteiger partial charge in [0.05, 0.1) is 13.2 Å². The summed E-state index contributed by atoms with van der Waals surface area (Å²) in [6, 6.07) is 7.40. The summed E-state index contributed by atoms with van der Waals surface area (Å²) >= 11 is 0. The van der Waals surface area contributed by atoms with Gasteiger partial charge in [-0.15, -0.1) is 0 Å². The molecule has 1 aromatic carbocycles. The third-order valence-electron chi connectivity index (χ3n) is 2.69. The molecule has 6 nitrogen and oxygen atoms in total. The number of esters is 1. The molecule has 0 aliphatic heterocycles. The van der Waals surface area contributed by atoms with Crippen LogP contribution in [0.1, 0.15) is 32.4 Å². The molecule has 1 rings (SSSR count). The number of aliphatic hydroxyl groups excluding tert-OH is 1. The Labute approximate surface area is 124 Å². The number of carbonyl (C=O) groups is 2. The van der Waals surface area contributed by atoms with Crippen molar-refractivity contribution in [2.45, 2.75) is 38.5 Å². The molecule has 6 heteroatoms. The van der Waals surface area contributed by atoms with Crippen LogP contribution in [0.4, 0.5) is 4.79 Å². The zero-order valence-corrected chi connectivity index (χ0v) is 12.7. The highest BCUT2D eigenvalue weighted by Gasteiger charge is 2.30. The molecule has 0 saturated carbocycles. The maximum Gasteiger partial charge on any atom is 0.337 e. The zero-order valence-electron chi connectivity index (χ0n) is 12.7. The highest BCUT2D eigenvalue weighted by atomic mass is 16.5. The molecule has 116 valence electrons. The largest absolute Gasteiger partial charge is 0.467 e. The molecule has 0 radical (unpaired) electrons. The van der Waals surface area contributed by atoms with Crippen LogP contribution in [0.3, 0.4) is 0 Å². The van der Waals surface area contributed by atoms with Gasteiger partial charge in [-0.1, -0.05) is 30.3 Å². The molecule has 0 saturated heterocycles. The SMILES string of the molecule is COC(=O)[C@H](O)[C@@H](N[14C](=O)NC(C)(C)C)c1ccccc1. The Morgan fingerprint density at radius 3 is 2.33 bits per heavy atom. The zero-order chi connectivity index (χ0) is 16.0. The van der Waals surface area contributed by atoms with Crippen LogP contribution in [0.15, 0.2) is 30.3 Å². The van der Waals surface area contributed by atoms with Gasteiger partial charge in [0.15, 0.2) is 6.10 Å². The topological polar surface area (TPSA) is 87.7 Å². The molecule has 0 aliphatic carbocycles. The summed E-state index contributed by atoms with van der Waals surface area (Å²) in [5.41, 5.74) is 0.182. The maximum absolute atomic E-state index is 12.0. The summed E-state index contributed by atoms with van der Waals surface area (Å²) in [6.07, 6.45) is -1.48. The van der Waals surface area contributed by atoms with E-state index in [1.165, 1.54) is 7.11 Å². The number of hydrogen-bond donors (Lipinski definition) is 3. The van der Waals surface area contributed by atoms with Crippen molar-refractivity contribution in [2.75, 3.05) is 7.11 Å². The summed E-state index contributed by atoms with van der Waals surface area (Å²) in [5, 5.41) is 15.4. The fourth-order valence-electron chi connectivity index (χ4n) is 1.78. The van der Waals surface area contributed by atoms with Crippen molar-refractivity contribution in [3.05, 3.63) is 35.9 Å². The Morgan fingerprint density at radius 1 is 1.29 bits per heavy atom. The second-order valence-corrected chi connectivity index (χ2v) is 5.70. The van der Waals surface area contributed by atoms with E-state index < -0.39 is 29.7 Å². The van der Waals surface area contributed by atoms with E-state index in [2.05, 4.69) is 15.4 Å². The number of aliphatic hydroxyl groups is 1. The number of urea groups is 1. The van der Waals surface area contributed by atoms with E-state index >= 15 is 0 Å². The number of ether oxygens (including phenoxy) is 1. The lowest BCUT2D eigenvalue weighted by molar-refractivity contribution is -0.151. The number of rotatable bonds is 4. The Bertz CT molecular complexity index is 482. The monoisotopic (exact) mass is 296 g/mol. The van der Waals surface area contributed by atoms with Crippen molar-refractivity contribution < 1.29 is 19.4 Å². The molecule has 2 atom stereocenters. The first-order valence-electron chi connectivity index (χ1n) is 6.64. The van der Waals surface area contributed by atoms with Crippen LogP contribution >= 0.6 is 0 Å². The summed E-state index contributed by atoms with van der Waals surface area (Å²) in [7, 11) is 1.18. The second kappa shape index (κ2) is 7.08. The number of methoxy groups -OCH3 is 1. The lowest BCUT2D eigenvalue weighted by Gasteiger charge is -2.26. The Morgan fingerprint density at radius 2 is 1.86 bits per heavy atom. The predicted molar refractivity (Wildman–Crippen MR) is 78.6 cm³/mol. The molecule has 1 aromatic rings. The average molecular weight is 296 g/mol. The standard InChI is InChI=1S/C15H22N2O4/c1-15(2,3)17-14(20)16-11(12(18)13(19)21-4)10-8-6-5-7-9-10/h5-9,11-12,18H,1-4H3,(H2,16,17,20)/t11-,12+/m0/s1/i14+2. The van der Waals surface area contributed by atoms with Gasteiger partial charge < -0.3 is 20.5 Å². The number of amides is 2. The van der Waals surface area contributed by atoms with Crippen LogP contribution in [0.2, 0.25) is 0 Å². The molecule has 3 N–H and O–H groups in total. The van der Waals surface area contributed by atoms with Crippen LogP contribution in [0.5, 0.6) is 0 Å². The van der Waals surface area contributed by atoms with E-state index in [1.54, 1.807) is 30.3 Å². The van der Waals surface area contributed by atoms with Gasteiger partial charge in [0.1, 0.15) is 0 Å². The van der Waals surface area contributed by atoms with Gasteiger partial charge in [0.25, 0.3) is 0 Å². The van der Waals surface area contributed by atoms with E-state index in [0.29, 0.717) is 5.56 Å². The quantitative estimate of drug-likeness (QED) is 0.732. The third-order valence-corrected chi connectivity index (χ3v) is 2.69. The van der Waals surface area contributed by atoms with Gasteiger partial charge in [0, 0.05) is 5.54 Å². The first-order chi connectivity index (χ1) is 9.74. The molecular formula is C15H22N2O4. The molecule has 0 aromatic heterocycles. The van der Waals surface area contributed by atoms with Crippen molar-refractivity contribution in [1.82, 2.24) is 10.6 Å². The second-order valence-electron chi connectivity index (χ2n) is 5.70. The summed E-state index contributed by atoms with van der Waals surface area (Å²) in [5.74, 6) is -0.806. The van der Waals surface area contributed by atoms with E-state index in [1.807, 2.05) is 20.8 Å². The fraction of sp³-hybridized carbons (Fsp3) is 0.467. The van der Waals surface area contributed by atoms with Crippen LogP contribution < -0.4 is 10.6 Å². The number of benzene rings is 1. The number of carbonyl (C=O) groups excluding carboxylic acids is 2. The predicted octanol–water partition coefficient (Wildman–Crippen LogP) is 1.36. The molecule has 2 amide bonds. The highest BCUT2D eigenvalue weighted by molar-refractivity contribution is 5.79. The van der Waals surface area contributed by atoms with Gasteiger partial charge in [-0.3, -0.25) is 0 Å². The van der Waals surface area contributed by atoms with Crippen molar-refractivity contribution in [3.63, 3.8) is 0 Å². The minimum Gasteiger partial charge on any atom is -0.467 e. The van der Waals surface area contributed by atoms with Gasteiger partial charge >= 0.3 is 12.0 Å². The van der Waals surface area contributed by atoms with Gasteiger partial charge in [-0.2, -0.15) is 0 Å². The highest BCUT2D eigenvalue weighted by Crippen LogP contribution is 2.18. The van der Waals surface area contributed by atoms with E-state index in [-0.39, 0.29) is 0 Å². The van der Waals surface area contributed by atoms with Crippen LogP contribution in [-0.2, 0) is 9.53 Å². The number of hydrogen-bond acceptors (Lipinski definition) is 4. The van der Waals surface area contributed by atoms with Gasteiger partial charge in [-0.05, 0) is 26.3 Å². The Kier molecular flexibility index (Phi) is 5.72. The lowest BCUT2D eigenvalue weighted by atomic mass is 10.0. The molecule has 0 aliphatic rings. The Hall–Kier alpha value is -2.08. The van der Waals surface area contributed by atoms with Crippen LogP contribution in [0.25, 0.3) is 0 Å². The van der Waals surface area contributed by atoms with E-state index in [0.717, 1.165) is 0 Å².